The molecule has 0 aliphatic rings. The predicted octanol–water partition coefficient (Wildman–Crippen LogP) is 7.92. The van der Waals surface area contributed by atoms with Crippen LogP contribution in [0.15, 0.2) is 60.8 Å². The van der Waals surface area contributed by atoms with Gasteiger partial charge >= 0.3 is 5.97 Å². The van der Waals surface area contributed by atoms with Crippen molar-refractivity contribution in [2.24, 2.45) is 0 Å². The fourth-order valence-electron chi connectivity index (χ4n) is 3.71. The van der Waals surface area contributed by atoms with Gasteiger partial charge in [0.2, 0.25) is 0 Å². The van der Waals surface area contributed by atoms with E-state index in [0.717, 1.165) is 29.9 Å². The maximum atomic E-state index is 11.3. The summed E-state index contributed by atoms with van der Waals surface area (Å²) in [7, 11) is 0. The summed E-state index contributed by atoms with van der Waals surface area (Å²) in [5, 5.41) is 0. The molecule has 0 fully saturated rings. The number of benzene rings is 2. The number of aromatic amines is 1. The van der Waals surface area contributed by atoms with Gasteiger partial charge in [-0.15, -0.1) is 0 Å². The number of nitrogens with one attached hydrogen (secondary N) is 1. The number of carbonyl (C=O) groups excluding carboxylic acids is 1. The Labute approximate surface area is 197 Å². The Morgan fingerprint density at radius 3 is 2.21 bits per heavy atom. The van der Waals surface area contributed by atoms with Crippen molar-refractivity contribution in [3.8, 4) is 34.3 Å². The number of aromatic nitrogens is 1. The molecule has 3 rings (SSSR count). The van der Waals surface area contributed by atoms with E-state index in [2.05, 4.69) is 11.9 Å². The number of carbonyl (C=O) groups is 1. The third-order valence-corrected chi connectivity index (χ3v) is 5.44. The van der Waals surface area contributed by atoms with Crippen molar-refractivity contribution in [3.63, 3.8) is 0 Å². The minimum Gasteiger partial charge on any atom is -0.494 e. The van der Waals surface area contributed by atoms with Crippen LogP contribution in [0.25, 0.3) is 11.1 Å². The maximum Gasteiger partial charge on any atom is 0.308 e. The molecule has 33 heavy (non-hydrogen) atoms. The van der Waals surface area contributed by atoms with E-state index in [1.54, 1.807) is 18.3 Å². The molecule has 1 heterocycles. The van der Waals surface area contributed by atoms with E-state index in [4.69, 9.17) is 14.2 Å². The van der Waals surface area contributed by atoms with E-state index >= 15 is 0 Å². The second-order valence-electron chi connectivity index (χ2n) is 8.24. The Hall–Kier alpha value is -3.21. The van der Waals surface area contributed by atoms with Crippen LogP contribution in [-0.2, 0) is 4.79 Å². The van der Waals surface area contributed by atoms with Gasteiger partial charge in [0.15, 0.2) is 5.88 Å². The Bertz CT molecular complexity index is 964. The van der Waals surface area contributed by atoms with Gasteiger partial charge in [-0.1, -0.05) is 64.0 Å². The number of rotatable bonds is 14. The van der Waals surface area contributed by atoms with Gasteiger partial charge in [-0.25, -0.2) is 0 Å². The van der Waals surface area contributed by atoms with Gasteiger partial charge < -0.3 is 19.2 Å². The third kappa shape index (κ3) is 8.33. The molecule has 5 nitrogen and oxygen atoms in total. The zero-order chi connectivity index (χ0) is 23.3. The van der Waals surface area contributed by atoms with E-state index in [9.17, 15) is 4.79 Å². The van der Waals surface area contributed by atoms with Crippen LogP contribution < -0.4 is 14.2 Å². The number of hydrogen-bond acceptors (Lipinski definition) is 4. The molecule has 0 bridgehead atoms. The molecule has 0 spiro atoms. The lowest BCUT2D eigenvalue weighted by atomic mass is 10.0. The Kier molecular flexibility index (Phi) is 9.89. The second-order valence-corrected chi connectivity index (χ2v) is 8.24. The number of esters is 1. The average Bonchev–Trinajstić information content (AvgIpc) is 3.31. The molecule has 0 saturated heterocycles. The number of H-pyrrole nitrogens is 1. The quantitative estimate of drug-likeness (QED) is 0.154. The predicted molar refractivity (Wildman–Crippen MR) is 132 cm³/mol. The van der Waals surface area contributed by atoms with Crippen molar-refractivity contribution in [3.05, 3.63) is 60.8 Å². The second kappa shape index (κ2) is 13.4. The van der Waals surface area contributed by atoms with Crippen LogP contribution in [0, 0.1) is 0 Å². The summed E-state index contributed by atoms with van der Waals surface area (Å²) in [6, 6.07) is 17.1. The van der Waals surface area contributed by atoms with Crippen molar-refractivity contribution in [1.29, 1.82) is 0 Å². The molecular weight excluding hydrogens is 414 g/mol. The van der Waals surface area contributed by atoms with Crippen molar-refractivity contribution in [2.45, 2.75) is 65.2 Å². The summed E-state index contributed by atoms with van der Waals surface area (Å²) in [5.41, 5.74) is 1.89. The molecular formula is C28H35NO4. The largest absolute Gasteiger partial charge is 0.494 e. The number of hydrogen-bond donors (Lipinski definition) is 1. The van der Waals surface area contributed by atoms with Crippen LogP contribution >= 0.6 is 0 Å². The SMILES string of the molecule is CCCCCCCCCCOc1ccc(-c2ccc(OC(C)=O)cc2Oc2ccc[nH]2)cc1. The van der Waals surface area contributed by atoms with Crippen molar-refractivity contribution in [2.75, 3.05) is 6.61 Å². The van der Waals surface area contributed by atoms with Crippen molar-refractivity contribution >= 4 is 5.97 Å². The fourth-order valence-corrected chi connectivity index (χ4v) is 3.71. The van der Waals surface area contributed by atoms with Crippen LogP contribution in [0.1, 0.15) is 65.2 Å². The molecule has 0 unspecified atom stereocenters. The smallest absolute Gasteiger partial charge is 0.308 e. The number of ether oxygens (including phenoxy) is 3. The van der Waals surface area contributed by atoms with Crippen molar-refractivity contribution in [1.82, 2.24) is 4.98 Å². The van der Waals surface area contributed by atoms with E-state index in [1.165, 1.54) is 51.9 Å². The van der Waals surface area contributed by atoms with Gasteiger partial charge in [0.25, 0.3) is 0 Å². The lowest BCUT2D eigenvalue weighted by Crippen LogP contribution is -2.01. The first-order valence-electron chi connectivity index (χ1n) is 12.0. The van der Waals surface area contributed by atoms with Gasteiger partial charge in [-0.2, -0.15) is 0 Å². The average molecular weight is 450 g/mol. The molecule has 0 radical (unpaired) electrons. The van der Waals surface area contributed by atoms with Gasteiger partial charge in [-0.3, -0.25) is 4.79 Å². The molecule has 1 aromatic heterocycles. The third-order valence-electron chi connectivity index (χ3n) is 5.44. The molecule has 0 atom stereocenters. The molecule has 3 aromatic rings. The van der Waals surface area contributed by atoms with Gasteiger partial charge in [0.05, 0.1) is 6.61 Å². The highest BCUT2D eigenvalue weighted by Gasteiger charge is 2.12. The zero-order valence-corrected chi connectivity index (χ0v) is 19.8. The summed E-state index contributed by atoms with van der Waals surface area (Å²) in [5.74, 6) is 2.15. The lowest BCUT2D eigenvalue weighted by molar-refractivity contribution is -0.131. The first-order valence-corrected chi connectivity index (χ1v) is 12.0. The Morgan fingerprint density at radius 2 is 1.55 bits per heavy atom. The van der Waals surface area contributed by atoms with Gasteiger partial charge in [0, 0.05) is 30.8 Å². The Morgan fingerprint density at radius 1 is 0.848 bits per heavy atom. The van der Waals surface area contributed by atoms with Gasteiger partial charge in [-0.05, 0) is 42.3 Å². The van der Waals surface area contributed by atoms with Crippen LogP contribution in [0.2, 0.25) is 0 Å². The standard InChI is InChI=1S/C28H35NO4/c1-3-4-5-6-7-8-9-10-20-31-24-15-13-23(14-16-24)26-18-17-25(32-22(2)30)21-27(26)33-28-12-11-19-29-28/h11-19,21,29H,3-10,20H2,1-2H3. The first kappa shape index (κ1) is 24.4. The normalized spacial score (nSPS) is 10.7. The molecule has 176 valence electrons. The van der Waals surface area contributed by atoms with Crippen LogP contribution in [-0.4, -0.2) is 17.6 Å². The van der Waals surface area contributed by atoms with Crippen LogP contribution in [0.4, 0.5) is 0 Å². The molecule has 0 saturated carbocycles. The minimum absolute atomic E-state index is 0.369. The highest BCUT2D eigenvalue weighted by Crippen LogP contribution is 2.36. The summed E-state index contributed by atoms with van der Waals surface area (Å²) in [6.07, 6.45) is 12.1. The minimum atomic E-state index is -0.369. The molecule has 0 amide bonds. The summed E-state index contributed by atoms with van der Waals surface area (Å²) >= 11 is 0. The molecule has 2 aromatic carbocycles. The van der Waals surface area contributed by atoms with Crippen LogP contribution in [0.5, 0.6) is 23.1 Å². The summed E-state index contributed by atoms with van der Waals surface area (Å²) in [6.45, 7) is 4.37. The topological polar surface area (TPSA) is 60.6 Å². The van der Waals surface area contributed by atoms with E-state index in [1.807, 2.05) is 42.5 Å². The molecule has 0 aliphatic carbocycles. The lowest BCUT2D eigenvalue weighted by Gasteiger charge is -2.13. The highest BCUT2D eigenvalue weighted by molar-refractivity contribution is 5.74. The van der Waals surface area contributed by atoms with E-state index in [0.29, 0.717) is 17.4 Å². The summed E-state index contributed by atoms with van der Waals surface area (Å²) in [4.78, 5) is 14.4. The highest BCUT2D eigenvalue weighted by atomic mass is 16.5. The Balaban J connectivity index is 1.56. The molecule has 1 N–H and O–H groups in total. The first-order chi connectivity index (χ1) is 16.2. The van der Waals surface area contributed by atoms with E-state index in [-0.39, 0.29) is 5.97 Å². The van der Waals surface area contributed by atoms with Crippen LogP contribution in [0.3, 0.4) is 0 Å². The maximum absolute atomic E-state index is 11.3. The monoisotopic (exact) mass is 449 g/mol. The molecule has 5 heteroatoms. The zero-order valence-electron chi connectivity index (χ0n) is 19.8. The fraction of sp³-hybridized carbons (Fsp3) is 0.393. The van der Waals surface area contributed by atoms with Gasteiger partial charge in [0.1, 0.15) is 17.2 Å². The summed E-state index contributed by atoms with van der Waals surface area (Å²) < 4.78 is 17.2. The van der Waals surface area contributed by atoms with E-state index < -0.39 is 0 Å². The number of unbranched alkanes of at least 4 members (excludes halogenated alkanes) is 7. The molecule has 0 aliphatic heterocycles. The van der Waals surface area contributed by atoms with Crippen molar-refractivity contribution < 1.29 is 19.0 Å².